The van der Waals surface area contributed by atoms with E-state index in [0.29, 0.717) is 6.42 Å². The maximum atomic E-state index is 12.9. The van der Waals surface area contributed by atoms with Gasteiger partial charge in [0.1, 0.15) is 11.6 Å². The maximum absolute atomic E-state index is 12.9. The molecule has 33 heavy (non-hydrogen) atoms. The largest absolute Gasteiger partial charge is 0.496 e. The lowest BCUT2D eigenvalue weighted by Gasteiger charge is -2.30. The first-order chi connectivity index (χ1) is 15.7. The second kappa shape index (κ2) is 12.3. The number of hydrogen-bond acceptors (Lipinski definition) is 4. The highest BCUT2D eigenvalue weighted by atomic mass is 19.1. The summed E-state index contributed by atoms with van der Waals surface area (Å²) in [5, 5.41) is 13.4. The highest BCUT2D eigenvalue weighted by Crippen LogP contribution is 2.34. The molecular formula is C26H35FN2O4. The number of halogens is 1. The van der Waals surface area contributed by atoms with Crippen LogP contribution in [0.2, 0.25) is 0 Å². The van der Waals surface area contributed by atoms with E-state index in [1.165, 1.54) is 31.0 Å². The van der Waals surface area contributed by atoms with Gasteiger partial charge in [-0.3, -0.25) is 14.9 Å². The van der Waals surface area contributed by atoms with Gasteiger partial charge in [0.25, 0.3) is 5.69 Å². The lowest BCUT2D eigenvalue weighted by atomic mass is 9.76. The summed E-state index contributed by atoms with van der Waals surface area (Å²) in [6, 6.07) is 9.69. The van der Waals surface area contributed by atoms with Gasteiger partial charge in [-0.1, -0.05) is 32.9 Å². The van der Waals surface area contributed by atoms with Crippen molar-refractivity contribution in [2.75, 3.05) is 12.4 Å². The van der Waals surface area contributed by atoms with Crippen molar-refractivity contribution >= 4 is 17.3 Å². The second-order valence-corrected chi connectivity index (χ2v) is 8.88. The standard InChI is InChI=1S/C18H27NO2.C8H8FNO2/c1-12(2)14-6-8-15(9-7-14)18(20)19-16-10-5-13(3)17(11-16)21-4;1-2-6-7(9)4-3-5-8(6)10(11)12/h5,10-12,14-15H,6-9H2,1-4H3,(H,19,20);3-5H,2H2,1H3. The van der Waals surface area contributed by atoms with Gasteiger partial charge in [-0.2, -0.15) is 0 Å². The number of hydrogen-bond donors (Lipinski definition) is 1. The normalized spacial score (nSPS) is 17.7. The Balaban J connectivity index is 0.000000273. The Morgan fingerprint density at radius 1 is 1.21 bits per heavy atom. The summed E-state index contributed by atoms with van der Waals surface area (Å²) >= 11 is 0. The molecule has 0 radical (unpaired) electrons. The molecule has 2 aromatic carbocycles. The van der Waals surface area contributed by atoms with Crippen molar-refractivity contribution in [3.8, 4) is 5.75 Å². The van der Waals surface area contributed by atoms with E-state index in [1.807, 2.05) is 25.1 Å². The molecule has 7 heteroatoms. The van der Waals surface area contributed by atoms with Gasteiger partial charge in [-0.15, -0.1) is 0 Å². The van der Waals surface area contributed by atoms with Crippen LogP contribution in [-0.2, 0) is 11.2 Å². The molecular weight excluding hydrogens is 423 g/mol. The van der Waals surface area contributed by atoms with Gasteiger partial charge in [-0.05, 0) is 68.6 Å². The molecule has 0 bridgehead atoms. The van der Waals surface area contributed by atoms with Crippen LogP contribution in [0.4, 0.5) is 15.8 Å². The molecule has 3 rings (SSSR count). The second-order valence-electron chi connectivity index (χ2n) is 8.88. The highest BCUT2D eigenvalue weighted by Gasteiger charge is 2.27. The van der Waals surface area contributed by atoms with Gasteiger partial charge in [0, 0.05) is 23.7 Å². The van der Waals surface area contributed by atoms with Crippen molar-refractivity contribution in [1.82, 2.24) is 0 Å². The van der Waals surface area contributed by atoms with E-state index in [4.69, 9.17) is 4.74 Å². The molecule has 1 saturated carbocycles. The molecule has 0 aliphatic heterocycles. The number of aryl methyl sites for hydroxylation is 1. The monoisotopic (exact) mass is 458 g/mol. The number of nitro benzene ring substituents is 1. The Kier molecular flexibility index (Phi) is 9.82. The molecule has 1 aliphatic carbocycles. The first-order valence-corrected chi connectivity index (χ1v) is 11.5. The van der Waals surface area contributed by atoms with Crippen LogP contribution in [0.5, 0.6) is 5.75 Å². The van der Waals surface area contributed by atoms with E-state index in [0.717, 1.165) is 41.7 Å². The molecule has 0 unspecified atom stereocenters. The van der Waals surface area contributed by atoms with E-state index in [2.05, 4.69) is 19.2 Å². The van der Waals surface area contributed by atoms with Crippen LogP contribution in [0.1, 0.15) is 57.6 Å². The zero-order valence-corrected chi connectivity index (χ0v) is 20.2. The average molecular weight is 459 g/mol. The third kappa shape index (κ3) is 7.27. The number of methoxy groups -OCH3 is 1. The average Bonchev–Trinajstić information content (AvgIpc) is 2.80. The highest BCUT2D eigenvalue weighted by molar-refractivity contribution is 5.92. The number of nitrogens with zero attached hydrogens (tertiary/aromatic N) is 1. The van der Waals surface area contributed by atoms with Crippen LogP contribution in [0.15, 0.2) is 36.4 Å². The lowest BCUT2D eigenvalue weighted by Crippen LogP contribution is -2.28. The number of nitro groups is 1. The number of amides is 1. The smallest absolute Gasteiger partial charge is 0.275 e. The minimum Gasteiger partial charge on any atom is -0.496 e. The summed E-state index contributed by atoms with van der Waals surface area (Å²) in [5.74, 6) is 2.14. The van der Waals surface area contributed by atoms with Crippen molar-refractivity contribution in [1.29, 1.82) is 0 Å². The molecule has 0 heterocycles. The molecule has 0 saturated heterocycles. The number of rotatable bonds is 6. The molecule has 1 fully saturated rings. The number of ether oxygens (including phenoxy) is 1. The topological polar surface area (TPSA) is 81.5 Å². The molecule has 1 amide bonds. The number of nitrogens with one attached hydrogen (secondary N) is 1. The summed E-state index contributed by atoms with van der Waals surface area (Å²) in [5.41, 5.74) is 1.93. The number of carbonyl (C=O) groups excluding carboxylic acids is 1. The van der Waals surface area contributed by atoms with E-state index < -0.39 is 10.7 Å². The first-order valence-electron chi connectivity index (χ1n) is 11.5. The fraction of sp³-hybridized carbons (Fsp3) is 0.500. The Morgan fingerprint density at radius 3 is 2.39 bits per heavy atom. The molecule has 1 aliphatic rings. The third-order valence-corrected chi connectivity index (χ3v) is 6.41. The first kappa shape index (κ1) is 26.3. The lowest BCUT2D eigenvalue weighted by molar-refractivity contribution is -0.385. The summed E-state index contributed by atoms with van der Waals surface area (Å²) in [7, 11) is 1.65. The van der Waals surface area contributed by atoms with Crippen LogP contribution in [0.25, 0.3) is 0 Å². The Morgan fingerprint density at radius 2 is 1.88 bits per heavy atom. The minimum atomic E-state index is -0.568. The summed E-state index contributed by atoms with van der Waals surface area (Å²) < 4.78 is 18.2. The van der Waals surface area contributed by atoms with Gasteiger partial charge in [-0.25, -0.2) is 4.39 Å². The quantitative estimate of drug-likeness (QED) is 0.386. The number of anilines is 1. The summed E-state index contributed by atoms with van der Waals surface area (Å²) in [6.45, 7) is 8.25. The van der Waals surface area contributed by atoms with Crippen LogP contribution in [0, 0.1) is 40.6 Å². The van der Waals surface area contributed by atoms with Gasteiger partial charge in [0.2, 0.25) is 5.91 Å². The zero-order valence-electron chi connectivity index (χ0n) is 20.2. The van der Waals surface area contributed by atoms with Gasteiger partial charge < -0.3 is 10.1 Å². The minimum absolute atomic E-state index is 0.141. The molecule has 1 N–H and O–H groups in total. The Hall–Kier alpha value is -2.96. The van der Waals surface area contributed by atoms with E-state index >= 15 is 0 Å². The van der Waals surface area contributed by atoms with Gasteiger partial charge in [0.05, 0.1) is 17.6 Å². The number of carbonyl (C=O) groups is 1. The molecule has 6 nitrogen and oxygen atoms in total. The predicted molar refractivity (Wildman–Crippen MR) is 129 cm³/mol. The van der Waals surface area contributed by atoms with Crippen molar-refractivity contribution < 1.29 is 18.8 Å². The number of benzene rings is 2. The molecule has 0 aromatic heterocycles. The van der Waals surface area contributed by atoms with Crippen molar-refractivity contribution in [2.45, 2.75) is 59.8 Å². The zero-order chi connectivity index (χ0) is 24.5. The predicted octanol–water partition coefficient (Wildman–Crippen LogP) is 6.70. The molecule has 180 valence electrons. The van der Waals surface area contributed by atoms with Crippen LogP contribution in [-0.4, -0.2) is 17.9 Å². The molecule has 2 aromatic rings. The van der Waals surface area contributed by atoms with Crippen LogP contribution in [0.3, 0.4) is 0 Å². The van der Waals surface area contributed by atoms with Gasteiger partial charge in [0.15, 0.2) is 0 Å². The van der Waals surface area contributed by atoms with E-state index in [-0.39, 0.29) is 23.1 Å². The van der Waals surface area contributed by atoms with E-state index in [9.17, 15) is 19.3 Å². The van der Waals surface area contributed by atoms with Crippen molar-refractivity contribution in [2.24, 2.45) is 17.8 Å². The van der Waals surface area contributed by atoms with Gasteiger partial charge >= 0.3 is 0 Å². The molecule has 0 spiro atoms. The Bertz CT molecular complexity index is 953. The fourth-order valence-electron chi connectivity index (χ4n) is 4.26. The van der Waals surface area contributed by atoms with Crippen LogP contribution < -0.4 is 10.1 Å². The molecule has 0 atom stereocenters. The summed E-state index contributed by atoms with van der Waals surface area (Å²) in [4.78, 5) is 22.2. The third-order valence-electron chi connectivity index (χ3n) is 6.41. The fourth-order valence-corrected chi connectivity index (χ4v) is 4.26. The Labute approximate surface area is 195 Å². The van der Waals surface area contributed by atoms with Crippen molar-refractivity contribution in [3.05, 3.63) is 63.5 Å². The van der Waals surface area contributed by atoms with Crippen LogP contribution >= 0.6 is 0 Å². The maximum Gasteiger partial charge on any atom is 0.275 e. The van der Waals surface area contributed by atoms with E-state index in [1.54, 1.807) is 14.0 Å². The SMILES string of the molecule is CCc1c(F)cccc1[N+](=O)[O-].COc1cc(NC(=O)C2CCC(C(C)C)CC2)ccc1C. The summed E-state index contributed by atoms with van der Waals surface area (Å²) in [6.07, 6.45) is 4.71. The van der Waals surface area contributed by atoms with Crippen molar-refractivity contribution in [3.63, 3.8) is 0 Å².